The third-order valence-electron chi connectivity index (χ3n) is 2.28. The van der Waals surface area contributed by atoms with Crippen LogP contribution in [-0.2, 0) is 18.2 Å². The van der Waals surface area contributed by atoms with Crippen LogP contribution in [0.25, 0.3) is 10.6 Å². The molecule has 0 aromatic rings. The largest absolute Gasteiger partial charge is 0.675 e. The summed E-state index contributed by atoms with van der Waals surface area (Å²) in [7, 11) is 0. The van der Waals surface area contributed by atoms with Crippen LogP contribution in [0, 0.1) is 11.3 Å². The molecule has 28 heavy (non-hydrogen) atoms. The maximum Gasteiger partial charge on any atom is -0.0632 e. The van der Waals surface area contributed by atoms with Gasteiger partial charge in [-0.1, -0.05) is 53.9 Å². The minimum atomic E-state index is -0.473. The normalized spacial score (nSPS) is 12.4. The second kappa shape index (κ2) is 15.1. The zero-order valence-corrected chi connectivity index (χ0v) is 23.9. The van der Waals surface area contributed by atoms with Crippen molar-refractivity contribution in [2.24, 2.45) is 12.4 Å². The van der Waals surface area contributed by atoms with Gasteiger partial charge < -0.3 is 16.6 Å². The van der Waals surface area contributed by atoms with Crippen molar-refractivity contribution in [1.82, 2.24) is 0 Å². The first-order valence-corrected chi connectivity index (χ1v) is 12.2. The van der Waals surface area contributed by atoms with Crippen molar-refractivity contribution in [2.45, 2.75) is 140 Å². The van der Waals surface area contributed by atoms with E-state index in [1.165, 1.54) is 5.92 Å². The minimum Gasteiger partial charge on any atom is -0.675 e. The molecule has 0 atom stereocenters. The van der Waals surface area contributed by atoms with E-state index in [1.54, 1.807) is 0 Å². The second-order valence-corrected chi connectivity index (χ2v) is 12.6. The van der Waals surface area contributed by atoms with E-state index in [1.807, 2.05) is 0 Å². The molecule has 0 fully saturated rings. The zero-order chi connectivity index (χ0) is 23.3. The number of nitrogens with zero attached hydrogens (tertiary/aromatic N) is 4. The molecule has 0 aromatic carbocycles. The van der Waals surface area contributed by atoms with Gasteiger partial charge in [-0.3, -0.25) is 0 Å². The smallest absolute Gasteiger partial charge is 0.0632 e. The summed E-state index contributed by atoms with van der Waals surface area (Å²) in [5.74, 6) is 1.42. The summed E-state index contributed by atoms with van der Waals surface area (Å²) in [6.07, 6.45) is 0.132. The molecule has 0 aliphatic heterocycles. The Morgan fingerprint density at radius 2 is 0.893 bits per heavy atom. The van der Waals surface area contributed by atoms with Crippen LogP contribution in [-0.4, -0.2) is 29.3 Å². The number of hydrogen-bond acceptors (Lipinski definition) is 2. The third kappa shape index (κ3) is 33.8. The van der Waals surface area contributed by atoms with E-state index in [9.17, 15) is 0 Å². The van der Waals surface area contributed by atoms with Crippen LogP contribution in [0.1, 0.15) is 111 Å². The molecule has 0 amide bonds. The Balaban J connectivity index is -0.000000378. The summed E-state index contributed by atoms with van der Waals surface area (Å²) >= 11 is -0.473. The number of hydrogen-bond donors (Lipinski definition) is 0. The molecule has 0 saturated heterocycles. The Morgan fingerprint density at radius 1 is 0.643 bits per heavy atom. The van der Waals surface area contributed by atoms with Gasteiger partial charge in [-0.2, -0.15) is 20.8 Å². The third-order valence-corrected chi connectivity index (χ3v) is 5.38. The monoisotopic (exact) mass is 481 g/mol. The fourth-order valence-electron chi connectivity index (χ4n) is 1.32. The minimum absolute atomic E-state index is 0.108. The Kier molecular flexibility index (Phi) is 17.7. The van der Waals surface area contributed by atoms with Gasteiger partial charge >= 0.3 is 77.8 Å². The zero-order valence-electron chi connectivity index (χ0n) is 21.9. The van der Waals surface area contributed by atoms with Crippen LogP contribution >= 0.6 is 0 Å². The first kappa shape index (κ1) is 32.9. The Labute approximate surface area is 187 Å². The van der Waals surface area contributed by atoms with Gasteiger partial charge in [0, 0.05) is 0 Å². The van der Waals surface area contributed by atoms with Gasteiger partial charge in [0.25, 0.3) is 0 Å². The van der Waals surface area contributed by atoms with E-state index in [0.29, 0.717) is 12.1 Å². The fraction of sp³-hybridized carbons (Fsp3) is 0.957. The molecule has 0 N–H and O–H groups in total. The van der Waals surface area contributed by atoms with Gasteiger partial charge in [-0.05, 0) is 0 Å². The molecule has 172 valence electrons. The van der Waals surface area contributed by atoms with E-state index in [2.05, 4.69) is 128 Å². The molecule has 0 unspecified atom stereocenters. The molecule has 0 radical (unpaired) electrons. The second-order valence-electron chi connectivity index (χ2n) is 11.3. The van der Waals surface area contributed by atoms with Gasteiger partial charge in [0.2, 0.25) is 0 Å². The van der Waals surface area contributed by atoms with Crippen molar-refractivity contribution in [1.29, 1.82) is 0 Å². The average molecular weight is 480 g/mol. The Morgan fingerprint density at radius 3 is 1.04 bits per heavy atom. The Hall–Kier alpha value is 0.208. The predicted octanol–water partition coefficient (Wildman–Crippen LogP) is 8.58. The molecule has 0 aliphatic carbocycles. The maximum atomic E-state index is 4.62. The van der Waals surface area contributed by atoms with Gasteiger partial charge in [0.15, 0.2) is 0 Å². The molecule has 0 rings (SSSR count). The summed E-state index contributed by atoms with van der Waals surface area (Å²) in [5, 5.41) is 9.24. The van der Waals surface area contributed by atoms with E-state index in [0.717, 1.165) is 0 Å². The summed E-state index contributed by atoms with van der Waals surface area (Å²) in [4.78, 5) is 0. The van der Waals surface area contributed by atoms with Gasteiger partial charge in [-0.25, -0.2) is 6.17 Å². The molecule has 0 spiro atoms. The van der Waals surface area contributed by atoms with Gasteiger partial charge in [0.05, 0.1) is 0 Å². The molecule has 0 saturated carbocycles. The van der Waals surface area contributed by atoms with E-state index >= 15 is 0 Å². The average Bonchev–Trinajstić information content (AvgIpc) is 2.32. The molecule has 0 aliphatic rings. The SMILES string of the molecule is CC(C)(C)[N]=[Mo]=[N]C(C)(C)C.CC(C)[N-]C([N-]C(C)C)C(C)(C)C.C[C-](C)C. The summed E-state index contributed by atoms with van der Waals surface area (Å²) in [5.41, 5.74) is 0.364. The summed E-state index contributed by atoms with van der Waals surface area (Å²) < 4.78 is 9.01. The first-order chi connectivity index (χ1) is 12.2. The maximum absolute atomic E-state index is 4.62. The number of rotatable bonds is 4. The molecule has 5 heteroatoms. The van der Waals surface area contributed by atoms with Crippen LogP contribution in [0.3, 0.4) is 0 Å². The molecular formula is C23H51MoN4-3. The molecule has 4 nitrogen and oxygen atoms in total. The van der Waals surface area contributed by atoms with Gasteiger partial charge in [0.1, 0.15) is 0 Å². The fourth-order valence-corrected chi connectivity index (χ4v) is 2.62. The summed E-state index contributed by atoms with van der Waals surface area (Å²) in [6.45, 7) is 34.0. The molecule has 0 bridgehead atoms. The molecule has 0 aromatic heterocycles. The summed E-state index contributed by atoms with van der Waals surface area (Å²) in [6, 6.07) is 0.735. The van der Waals surface area contributed by atoms with E-state index in [-0.39, 0.29) is 22.7 Å². The predicted molar refractivity (Wildman–Crippen MR) is 125 cm³/mol. The van der Waals surface area contributed by atoms with E-state index in [4.69, 9.17) is 0 Å². The van der Waals surface area contributed by atoms with Crippen molar-refractivity contribution in [3.8, 4) is 0 Å². The van der Waals surface area contributed by atoms with Crippen LogP contribution in [0.5, 0.6) is 0 Å². The van der Waals surface area contributed by atoms with Crippen molar-refractivity contribution in [3.63, 3.8) is 0 Å². The van der Waals surface area contributed by atoms with Crippen molar-refractivity contribution >= 4 is 0 Å². The van der Waals surface area contributed by atoms with Gasteiger partial charge in [-0.15, -0.1) is 12.1 Å². The topological polar surface area (TPSA) is 52.9 Å². The van der Waals surface area contributed by atoms with Crippen molar-refractivity contribution < 1.29 is 18.2 Å². The van der Waals surface area contributed by atoms with Crippen LogP contribution < -0.4 is 0 Å². The Bertz CT molecular complexity index is 398. The molecular weight excluding hydrogens is 428 g/mol. The van der Waals surface area contributed by atoms with Crippen LogP contribution in [0.2, 0.25) is 0 Å². The van der Waals surface area contributed by atoms with Crippen molar-refractivity contribution in [2.75, 3.05) is 0 Å². The quantitative estimate of drug-likeness (QED) is 0.286. The van der Waals surface area contributed by atoms with Crippen LogP contribution in [0.15, 0.2) is 6.99 Å². The van der Waals surface area contributed by atoms with Crippen molar-refractivity contribution in [3.05, 3.63) is 16.6 Å². The van der Waals surface area contributed by atoms with Crippen LogP contribution in [0.4, 0.5) is 0 Å². The molecule has 0 heterocycles. The standard InChI is InChI=1S/C11H24N2.2C4H9N.C4H9.Mo/c1-8(2)12-10(11(5,6)7)13-9(3)4;2*1-4(2,3)5;1-4(2)3;/h8-10H,1-7H3;2*1-3H3;1-3H3;/q-2;;;-1;. The van der Waals surface area contributed by atoms with E-state index < -0.39 is 18.2 Å². The first-order valence-electron chi connectivity index (χ1n) is 10.4.